The number of carbonyl (C=O) groups is 1. The molecule has 1 rings (SSSR count). The fraction of sp³-hybridized carbons (Fsp3) is 0.909. The third-order valence-electron chi connectivity index (χ3n) is 2.68. The van der Waals surface area contributed by atoms with E-state index in [0.29, 0.717) is 13.0 Å². The molecule has 1 aliphatic heterocycles. The number of carbonyl (C=O) groups excluding carboxylic acids is 1. The molecule has 94 valence electrons. The molecule has 1 heterocycles. The van der Waals surface area contributed by atoms with Gasteiger partial charge in [-0.1, -0.05) is 0 Å². The molecular formula is C11H23N3O2. The zero-order valence-electron chi connectivity index (χ0n) is 9.91. The Hall–Kier alpha value is -0.650. The Morgan fingerprint density at radius 3 is 2.75 bits per heavy atom. The summed E-state index contributed by atoms with van der Waals surface area (Å²) in [4.78, 5) is 13.6. The first kappa shape index (κ1) is 13.4. The highest BCUT2D eigenvalue weighted by Crippen LogP contribution is 1.97. The summed E-state index contributed by atoms with van der Waals surface area (Å²) in [6, 6.07) is 0. The standard InChI is InChI=1S/C11H23N3O2/c12-4-1-3-11(15)13-5-2-6-14-7-9-16-10-8-14/h1-10,12H2,(H,13,15). The van der Waals surface area contributed by atoms with Gasteiger partial charge in [0.15, 0.2) is 0 Å². The second kappa shape index (κ2) is 8.50. The van der Waals surface area contributed by atoms with Crippen molar-refractivity contribution < 1.29 is 9.53 Å². The van der Waals surface area contributed by atoms with E-state index in [-0.39, 0.29) is 5.91 Å². The van der Waals surface area contributed by atoms with Crippen molar-refractivity contribution >= 4 is 5.91 Å². The van der Waals surface area contributed by atoms with Crippen LogP contribution in [0, 0.1) is 0 Å². The van der Waals surface area contributed by atoms with Crippen molar-refractivity contribution in [3.8, 4) is 0 Å². The van der Waals surface area contributed by atoms with Gasteiger partial charge in [-0.3, -0.25) is 9.69 Å². The lowest BCUT2D eigenvalue weighted by atomic mass is 10.3. The van der Waals surface area contributed by atoms with Crippen LogP contribution in [0.4, 0.5) is 0 Å². The summed E-state index contributed by atoms with van der Waals surface area (Å²) in [5.74, 6) is 0.118. The van der Waals surface area contributed by atoms with Gasteiger partial charge in [-0.05, 0) is 25.9 Å². The van der Waals surface area contributed by atoms with E-state index in [4.69, 9.17) is 10.5 Å². The maximum absolute atomic E-state index is 11.3. The van der Waals surface area contributed by atoms with Crippen LogP contribution in [0.5, 0.6) is 0 Å². The first-order valence-electron chi connectivity index (χ1n) is 6.10. The summed E-state index contributed by atoms with van der Waals surface area (Å²) >= 11 is 0. The molecule has 1 amide bonds. The number of ether oxygens (including phenoxy) is 1. The number of nitrogens with one attached hydrogen (secondary N) is 1. The second-order valence-corrected chi connectivity index (χ2v) is 4.05. The van der Waals surface area contributed by atoms with Crippen LogP contribution in [0.25, 0.3) is 0 Å². The van der Waals surface area contributed by atoms with Crippen molar-refractivity contribution in [3.63, 3.8) is 0 Å². The van der Waals surface area contributed by atoms with Gasteiger partial charge in [0, 0.05) is 26.1 Å². The van der Waals surface area contributed by atoms with Crippen LogP contribution in [0.15, 0.2) is 0 Å². The molecule has 0 aromatic heterocycles. The Morgan fingerprint density at radius 2 is 2.06 bits per heavy atom. The fourth-order valence-electron chi connectivity index (χ4n) is 1.71. The SMILES string of the molecule is NCCCC(=O)NCCCN1CCOCC1. The molecule has 0 aliphatic carbocycles. The lowest BCUT2D eigenvalue weighted by Crippen LogP contribution is -2.38. The minimum absolute atomic E-state index is 0.118. The third-order valence-corrected chi connectivity index (χ3v) is 2.68. The lowest BCUT2D eigenvalue weighted by molar-refractivity contribution is -0.121. The van der Waals surface area contributed by atoms with Crippen LogP contribution in [-0.2, 0) is 9.53 Å². The number of amides is 1. The van der Waals surface area contributed by atoms with E-state index in [1.807, 2.05) is 0 Å². The maximum Gasteiger partial charge on any atom is 0.220 e. The zero-order chi connectivity index (χ0) is 11.6. The Morgan fingerprint density at radius 1 is 1.31 bits per heavy atom. The highest BCUT2D eigenvalue weighted by atomic mass is 16.5. The first-order chi connectivity index (χ1) is 7.83. The smallest absolute Gasteiger partial charge is 0.220 e. The molecule has 1 fully saturated rings. The summed E-state index contributed by atoms with van der Waals surface area (Å²) in [6.07, 6.45) is 2.33. The Bertz CT molecular complexity index is 194. The largest absolute Gasteiger partial charge is 0.379 e. The first-order valence-corrected chi connectivity index (χ1v) is 6.10. The average Bonchev–Trinajstić information content (AvgIpc) is 2.33. The molecule has 0 spiro atoms. The number of morpholine rings is 1. The fourth-order valence-corrected chi connectivity index (χ4v) is 1.71. The molecule has 0 radical (unpaired) electrons. The predicted octanol–water partition coefficient (Wildman–Crippen LogP) is -0.436. The normalized spacial score (nSPS) is 17.3. The van der Waals surface area contributed by atoms with Crippen LogP contribution in [0.2, 0.25) is 0 Å². The van der Waals surface area contributed by atoms with E-state index >= 15 is 0 Å². The number of hydrogen-bond acceptors (Lipinski definition) is 4. The predicted molar refractivity (Wildman–Crippen MR) is 63.2 cm³/mol. The van der Waals surface area contributed by atoms with E-state index in [1.165, 1.54) is 0 Å². The monoisotopic (exact) mass is 229 g/mol. The van der Waals surface area contributed by atoms with Gasteiger partial charge in [0.25, 0.3) is 0 Å². The number of rotatable bonds is 7. The summed E-state index contributed by atoms with van der Waals surface area (Å²) < 4.78 is 5.27. The Kier molecular flexibility index (Phi) is 7.12. The molecule has 5 nitrogen and oxygen atoms in total. The van der Waals surface area contributed by atoms with Crippen molar-refractivity contribution in [2.24, 2.45) is 5.73 Å². The van der Waals surface area contributed by atoms with Crippen molar-refractivity contribution in [2.75, 3.05) is 45.9 Å². The molecule has 0 bridgehead atoms. The quantitative estimate of drug-likeness (QED) is 0.581. The van der Waals surface area contributed by atoms with Gasteiger partial charge in [-0.25, -0.2) is 0 Å². The lowest BCUT2D eigenvalue weighted by Gasteiger charge is -2.26. The van der Waals surface area contributed by atoms with E-state index in [2.05, 4.69) is 10.2 Å². The van der Waals surface area contributed by atoms with Gasteiger partial charge in [0.2, 0.25) is 5.91 Å². The molecule has 0 saturated carbocycles. The van der Waals surface area contributed by atoms with Gasteiger partial charge < -0.3 is 15.8 Å². The summed E-state index contributed by atoms with van der Waals surface area (Å²) in [7, 11) is 0. The van der Waals surface area contributed by atoms with Crippen molar-refractivity contribution in [1.82, 2.24) is 10.2 Å². The van der Waals surface area contributed by atoms with Gasteiger partial charge in [-0.2, -0.15) is 0 Å². The number of nitrogens with zero attached hydrogens (tertiary/aromatic N) is 1. The summed E-state index contributed by atoms with van der Waals surface area (Å²) in [6.45, 7) is 6.09. The van der Waals surface area contributed by atoms with Gasteiger partial charge in [-0.15, -0.1) is 0 Å². The topological polar surface area (TPSA) is 67.6 Å². The third kappa shape index (κ3) is 6.05. The van der Waals surface area contributed by atoms with Crippen molar-refractivity contribution in [1.29, 1.82) is 0 Å². The molecule has 1 aliphatic rings. The van der Waals surface area contributed by atoms with Crippen LogP contribution in [0.3, 0.4) is 0 Å². The number of hydrogen-bond donors (Lipinski definition) is 2. The van der Waals surface area contributed by atoms with Gasteiger partial charge in [0.1, 0.15) is 0 Å². The van der Waals surface area contributed by atoms with Gasteiger partial charge >= 0.3 is 0 Å². The minimum Gasteiger partial charge on any atom is -0.379 e. The van der Waals surface area contributed by atoms with Gasteiger partial charge in [0.05, 0.1) is 13.2 Å². The Labute approximate surface area is 97.3 Å². The second-order valence-electron chi connectivity index (χ2n) is 4.05. The molecular weight excluding hydrogens is 206 g/mol. The highest BCUT2D eigenvalue weighted by Gasteiger charge is 2.09. The summed E-state index contributed by atoms with van der Waals surface area (Å²) in [5, 5.41) is 2.90. The van der Waals surface area contributed by atoms with Crippen LogP contribution in [0.1, 0.15) is 19.3 Å². The molecule has 0 aromatic rings. The summed E-state index contributed by atoms with van der Waals surface area (Å²) in [5.41, 5.74) is 5.33. The van der Waals surface area contributed by atoms with Crippen molar-refractivity contribution in [3.05, 3.63) is 0 Å². The molecule has 1 saturated heterocycles. The van der Waals surface area contributed by atoms with E-state index < -0.39 is 0 Å². The number of nitrogens with two attached hydrogens (primary N) is 1. The molecule has 0 unspecified atom stereocenters. The molecule has 5 heteroatoms. The zero-order valence-corrected chi connectivity index (χ0v) is 9.91. The highest BCUT2D eigenvalue weighted by molar-refractivity contribution is 5.75. The van der Waals surface area contributed by atoms with Crippen molar-refractivity contribution in [2.45, 2.75) is 19.3 Å². The molecule has 16 heavy (non-hydrogen) atoms. The average molecular weight is 229 g/mol. The van der Waals surface area contributed by atoms with Crippen LogP contribution < -0.4 is 11.1 Å². The minimum atomic E-state index is 0.118. The molecule has 0 atom stereocenters. The van der Waals surface area contributed by atoms with E-state index in [0.717, 1.165) is 52.2 Å². The maximum atomic E-state index is 11.3. The van der Waals surface area contributed by atoms with Crippen LogP contribution >= 0.6 is 0 Å². The molecule has 3 N–H and O–H groups in total. The van der Waals surface area contributed by atoms with E-state index in [9.17, 15) is 4.79 Å². The molecule has 0 aromatic carbocycles. The Balaban J connectivity index is 1.92. The van der Waals surface area contributed by atoms with Crippen LogP contribution in [-0.4, -0.2) is 56.7 Å². The van der Waals surface area contributed by atoms with E-state index in [1.54, 1.807) is 0 Å².